The summed E-state index contributed by atoms with van der Waals surface area (Å²) in [4.78, 5) is 24.8. The molecule has 0 saturated heterocycles. The number of amides is 1. The van der Waals surface area contributed by atoms with Crippen molar-refractivity contribution in [1.29, 1.82) is 0 Å². The van der Waals surface area contributed by atoms with Crippen LogP contribution in [-0.4, -0.2) is 18.0 Å². The second kappa shape index (κ2) is 8.33. The average molecular weight is 404 g/mol. The predicted octanol–water partition coefficient (Wildman–Crippen LogP) is 5.28. The van der Waals surface area contributed by atoms with Gasteiger partial charge >= 0.3 is 5.97 Å². The minimum atomic E-state index is -1.01. The highest BCUT2D eigenvalue weighted by Gasteiger charge is 2.17. The highest BCUT2D eigenvalue weighted by molar-refractivity contribution is 7.20. The van der Waals surface area contributed by atoms with Crippen LogP contribution in [0.15, 0.2) is 54.6 Å². The summed E-state index contributed by atoms with van der Waals surface area (Å²) in [6.45, 7) is 1.46. The minimum Gasteiger partial charge on any atom is -0.449 e. The molecule has 0 spiro atoms. The number of benzene rings is 2. The van der Waals surface area contributed by atoms with Crippen LogP contribution in [0.5, 0.6) is 0 Å². The number of carbonyl (C=O) groups excluding carboxylic acids is 2. The predicted molar refractivity (Wildman–Crippen MR) is 106 cm³/mol. The average Bonchev–Trinajstić information content (AvgIpc) is 2.98. The highest BCUT2D eigenvalue weighted by atomic mass is 35.5. The maximum absolute atomic E-state index is 12.9. The van der Waals surface area contributed by atoms with E-state index < -0.39 is 23.8 Å². The van der Waals surface area contributed by atoms with Crippen LogP contribution < -0.4 is 5.32 Å². The van der Waals surface area contributed by atoms with Crippen molar-refractivity contribution in [2.45, 2.75) is 13.0 Å². The largest absolute Gasteiger partial charge is 0.449 e. The molecule has 0 aliphatic heterocycles. The molecule has 0 unspecified atom stereocenters. The Morgan fingerprint density at radius 1 is 1.19 bits per heavy atom. The maximum atomic E-state index is 12.9. The molecule has 3 rings (SSSR count). The van der Waals surface area contributed by atoms with Gasteiger partial charge in [0.2, 0.25) is 0 Å². The van der Waals surface area contributed by atoms with Crippen molar-refractivity contribution in [3.05, 3.63) is 70.3 Å². The van der Waals surface area contributed by atoms with Crippen LogP contribution >= 0.6 is 22.9 Å². The van der Waals surface area contributed by atoms with Crippen molar-refractivity contribution < 1.29 is 18.7 Å². The fraction of sp³-hybridized carbons (Fsp3) is 0.100. The summed E-state index contributed by atoms with van der Waals surface area (Å²) < 4.78 is 19.0. The van der Waals surface area contributed by atoms with E-state index >= 15 is 0 Å². The zero-order valence-corrected chi connectivity index (χ0v) is 15.8. The van der Waals surface area contributed by atoms with Gasteiger partial charge in [0.1, 0.15) is 5.82 Å². The van der Waals surface area contributed by atoms with E-state index in [9.17, 15) is 14.0 Å². The number of nitrogens with one attached hydrogen (secondary N) is 1. The Morgan fingerprint density at radius 3 is 2.59 bits per heavy atom. The third-order valence-electron chi connectivity index (χ3n) is 3.70. The van der Waals surface area contributed by atoms with E-state index in [1.54, 1.807) is 6.08 Å². The van der Waals surface area contributed by atoms with E-state index in [1.165, 1.54) is 48.6 Å². The molecule has 0 fully saturated rings. The van der Waals surface area contributed by atoms with E-state index in [4.69, 9.17) is 16.3 Å². The Kier molecular flexibility index (Phi) is 5.88. The summed E-state index contributed by atoms with van der Waals surface area (Å²) in [6.07, 6.45) is 1.79. The molecule has 138 valence electrons. The molecule has 1 amide bonds. The first-order valence-corrected chi connectivity index (χ1v) is 9.25. The van der Waals surface area contributed by atoms with Crippen molar-refractivity contribution in [1.82, 2.24) is 0 Å². The summed E-state index contributed by atoms with van der Waals surface area (Å²) in [7, 11) is 0. The highest BCUT2D eigenvalue weighted by Crippen LogP contribution is 2.35. The van der Waals surface area contributed by atoms with Crippen LogP contribution in [0, 0.1) is 5.82 Å². The first-order chi connectivity index (χ1) is 12.9. The summed E-state index contributed by atoms with van der Waals surface area (Å²) >= 11 is 7.77. The van der Waals surface area contributed by atoms with Gasteiger partial charge in [-0.3, -0.25) is 4.79 Å². The molecule has 7 heteroatoms. The minimum absolute atomic E-state index is 0.405. The number of fused-ring (bicyclic) bond motifs is 1. The fourth-order valence-corrected chi connectivity index (χ4v) is 3.73. The number of esters is 1. The van der Waals surface area contributed by atoms with E-state index in [-0.39, 0.29) is 0 Å². The van der Waals surface area contributed by atoms with Crippen LogP contribution in [0.1, 0.15) is 11.8 Å². The second-order valence-electron chi connectivity index (χ2n) is 5.69. The molecular formula is C20H15ClFNO3S. The smallest absolute Gasteiger partial charge is 0.331 e. The number of thiophene rings is 1. The normalized spacial score (nSPS) is 12.3. The molecule has 1 aromatic heterocycles. The maximum Gasteiger partial charge on any atom is 0.331 e. The lowest BCUT2D eigenvalue weighted by atomic mass is 10.2. The fourth-order valence-electron chi connectivity index (χ4n) is 2.33. The van der Waals surface area contributed by atoms with Gasteiger partial charge in [-0.15, -0.1) is 11.3 Å². The zero-order valence-electron chi connectivity index (χ0n) is 14.2. The molecule has 1 N–H and O–H groups in total. The first-order valence-electron chi connectivity index (χ1n) is 8.06. The third kappa shape index (κ3) is 4.72. The Morgan fingerprint density at radius 2 is 1.89 bits per heavy atom. The molecule has 3 aromatic rings. The van der Waals surface area contributed by atoms with E-state index in [0.29, 0.717) is 10.7 Å². The summed E-state index contributed by atoms with van der Waals surface area (Å²) in [5, 5.41) is 4.04. The molecule has 0 radical (unpaired) electrons. The molecule has 1 heterocycles. The van der Waals surface area contributed by atoms with Crippen molar-refractivity contribution >= 4 is 56.7 Å². The van der Waals surface area contributed by atoms with Crippen LogP contribution in [0.2, 0.25) is 5.02 Å². The number of carbonyl (C=O) groups is 2. The molecule has 0 bridgehead atoms. The number of halogens is 2. The molecule has 0 saturated carbocycles. The van der Waals surface area contributed by atoms with Gasteiger partial charge in [-0.05, 0) is 43.3 Å². The van der Waals surface area contributed by atoms with Gasteiger partial charge < -0.3 is 10.1 Å². The number of hydrogen-bond donors (Lipinski definition) is 1. The standard InChI is InChI=1S/C20H15ClFNO3S/c1-12(20(25)23-14-8-6-13(22)7-9-14)26-18(24)11-10-17-19(21)15-4-2-3-5-16(15)27-17/h2-12H,1H3,(H,23,25)/b11-10+/t12-/m0/s1. The van der Waals surface area contributed by atoms with Crippen LogP contribution in [-0.2, 0) is 14.3 Å². The van der Waals surface area contributed by atoms with Gasteiger partial charge in [-0.2, -0.15) is 0 Å². The second-order valence-corrected chi connectivity index (χ2v) is 7.15. The third-order valence-corrected chi connectivity index (χ3v) is 5.36. The Labute approximate surface area is 164 Å². The Hall–Kier alpha value is -2.70. The van der Waals surface area contributed by atoms with Gasteiger partial charge in [0.15, 0.2) is 6.10 Å². The van der Waals surface area contributed by atoms with Gasteiger partial charge in [-0.1, -0.05) is 29.8 Å². The van der Waals surface area contributed by atoms with E-state index in [2.05, 4.69) is 5.32 Å². The summed E-state index contributed by atoms with van der Waals surface area (Å²) in [6, 6.07) is 13.0. The lowest BCUT2D eigenvalue weighted by molar-refractivity contribution is -0.148. The van der Waals surface area contributed by atoms with Crippen LogP contribution in [0.3, 0.4) is 0 Å². The van der Waals surface area contributed by atoms with Crippen molar-refractivity contribution in [2.24, 2.45) is 0 Å². The number of rotatable bonds is 5. The molecule has 2 aromatic carbocycles. The van der Waals surface area contributed by atoms with Gasteiger partial charge in [0, 0.05) is 26.7 Å². The Bertz CT molecular complexity index is 1010. The number of hydrogen-bond acceptors (Lipinski definition) is 4. The zero-order chi connectivity index (χ0) is 19.4. The lowest BCUT2D eigenvalue weighted by Gasteiger charge is -2.12. The molecular weight excluding hydrogens is 389 g/mol. The van der Waals surface area contributed by atoms with Crippen LogP contribution in [0.4, 0.5) is 10.1 Å². The molecule has 0 aliphatic rings. The van der Waals surface area contributed by atoms with Crippen molar-refractivity contribution in [3.8, 4) is 0 Å². The van der Waals surface area contributed by atoms with Gasteiger partial charge in [-0.25, -0.2) is 9.18 Å². The first kappa shape index (κ1) is 19.1. The molecule has 0 aliphatic carbocycles. The molecule has 27 heavy (non-hydrogen) atoms. The number of anilines is 1. The van der Waals surface area contributed by atoms with E-state index in [0.717, 1.165) is 15.0 Å². The van der Waals surface area contributed by atoms with Crippen LogP contribution in [0.25, 0.3) is 16.2 Å². The van der Waals surface area contributed by atoms with Gasteiger partial charge in [0.25, 0.3) is 5.91 Å². The summed E-state index contributed by atoms with van der Waals surface area (Å²) in [5.74, 6) is -1.58. The summed E-state index contributed by atoms with van der Waals surface area (Å²) in [5.41, 5.74) is 0.414. The Balaban J connectivity index is 1.60. The topological polar surface area (TPSA) is 55.4 Å². The van der Waals surface area contributed by atoms with Gasteiger partial charge in [0.05, 0.1) is 5.02 Å². The lowest BCUT2D eigenvalue weighted by Crippen LogP contribution is -2.29. The van der Waals surface area contributed by atoms with E-state index in [1.807, 2.05) is 24.3 Å². The monoisotopic (exact) mass is 403 g/mol. The SMILES string of the molecule is C[C@H](OC(=O)/C=C/c1sc2ccccc2c1Cl)C(=O)Nc1ccc(F)cc1. The quantitative estimate of drug-likeness (QED) is 0.466. The molecule has 1 atom stereocenters. The number of ether oxygens (including phenoxy) is 1. The van der Waals surface area contributed by atoms with Crippen molar-refractivity contribution in [3.63, 3.8) is 0 Å². The van der Waals surface area contributed by atoms with Crippen molar-refractivity contribution in [2.75, 3.05) is 5.32 Å². The molecule has 4 nitrogen and oxygen atoms in total.